The molecule has 0 nitrogen and oxygen atoms in total. The van der Waals surface area contributed by atoms with Crippen molar-refractivity contribution in [1.82, 2.24) is 0 Å². The van der Waals surface area contributed by atoms with Crippen molar-refractivity contribution in [2.75, 3.05) is 0 Å². The molecule has 62 valence electrons. The summed E-state index contributed by atoms with van der Waals surface area (Å²) in [4.78, 5) is 0. The minimum Gasteiger partial charge on any atom is -0.128 e. The normalized spacial score (nSPS) is 29.8. The highest BCUT2D eigenvalue weighted by atomic mass is 14.4. The van der Waals surface area contributed by atoms with Crippen LogP contribution in [-0.2, 0) is 0 Å². The first-order valence-corrected chi connectivity index (χ1v) is 4.57. The molecule has 0 radical (unpaired) electrons. The van der Waals surface area contributed by atoms with Crippen molar-refractivity contribution in [2.24, 2.45) is 5.92 Å². The Morgan fingerprint density at radius 2 is 2.33 bits per heavy atom. The van der Waals surface area contributed by atoms with Gasteiger partial charge in [-0.15, -0.1) is 5.73 Å². The average molecular weight is 158 g/mol. The second-order valence-corrected chi connectivity index (χ2v) is 3.62. The van der Waals surface area contributed by atoms with Crippen molar-refractivity contribution < 1.29 is 0 Å². The summed E-state index contributed by atoms with van der Waals surface area (Å²) in [6.07, 6.45) is 8.09. The van der Waals surface area contributed by atoms with Gasteiger partial charge in [-0.3, -0.25) is 0 Å². The summed E-state index contributed by atoms with van der Waals surface area (Å²) in [6, 6.07) is 0. The van der Waals surface area contributed by atoms with Crippen molar-refractivity contribution in [3.05, 3.63) is 41.2 Å². The minimum absolute atomic E-state index is 0.824. The summed E-state index contributed by atoms with van der Waals surface area (Å²) in [5.41, 5.74) is 7.65. The maximum atomic E-state index is 3.62. The van der Waals surface area contributed by atoms with Crippen LogP contribution < -0.4 is 0 Å². The lowest BCUT2D eigenvalue weighted by molar-refractivity contribution is 0.685. The molecule has 0 N–H and O–H groups in total. The van der Waals surface area contributed by atoms with Gasteiger partial charge in [0.2, 0.25) is 0 Å². The Kier molecular flexibility index (Phi) is 1.78. The van der Waals surface area contributed by atoms with Crippen LogP contribution >= 0.6 is 0 Å². The fourth-order valence-electron chi connectivity index (χ4n) is 2.37. The van der Waals surface area contributed by atoms with Crippen LogP contribution in [0.3, 0.4) is 0 Å². The van der Waals surface area contributed by atoms with E-state index in [9.17, 15) is 0 Å². The zero-order valence-corrected chi connectivity index (χ0v) is 7.56. The molecule has 0 heteroatoms. The molecule has 1 saturated carbocycles. The first kappa shape index (κ1) is 7.64. The minimum atomic E-state index is 0.824. The van der Waals surface area contributed by atoms with Gasteiger partial charge in [0, 0.05) is 0 Å². The van der Waals surface area contributed by atoms with Gasteiger partial charge in [-0.25, -0.2) is 0 Å². The predicted octanol–water partition coefficient (Wildman–Crippen LogP) is 3.38. The summed E-state index contributed by atoms with van der Waals surface area (Å²) >= 11 is 0. The SMILES string of the molecule is C=C=CC1=C2CC(=CC)C(C1)C2. The van der Waals surface area contributed by atoms with Gasteiger partial charge >= 0.3 is 0 Å². The number of hydrogen-bond donors (Lipinski definition) is 0. The van der Waals surface area contributed by atoms with Crippen LogP contribution in [0.5, 0.6) is 0 Å². The topological polar surface area (TPSA) is 0 Å². The summed E-state index contributed by atoms with van der Waals surface area (Å²) in [5.74, 6) is 0.824. The fourth-order valence-corrected chi connectivity index (χ4v) is 2.37. The Labute approximate surface area is 74.0 Å². The molecule has 1 atom stereocenters. The van der Waals surface area contributed by atoms with Crippen LogP contribution in [0.2, 0.25) is 0 Å². The lowest BCUT2D eigenvalue weighted by Gasteiger charge is -2.11. The molecule has 0 spiro atoms. The smallest absolute Gasteiger partial charge is 0.00993 e. The lowest BCUT2D eigenvalue weighted by atomic mass is 9.94. The Balaban J connectivity index is 2.30. The van der Waals surface area contributed by atoms with Crippen LogP contribution in [0.15, 0.2) is 41.2 Å². The highest BCUT2D eigenvalue weighted by Crippen LogP contribution is 2.47. The fraction of sp³-hybridized carbons (Fsp3) is 0.417. The highest BCUT2D eigenvalue weighted by Gasteiger charge is 2.32. The van der Waals surface area contributed by atoms with Crippen LogP contribution in [0.4, 0.5) is 0 Å². The van der Waals surface area contributed by atoms with Gasteiger partial charge in [0.25, 0.3) is 0 Å². The highest BCUT2D eigenvalue weighted by molar-refractivity contribution is 5.42. The first-order valence-electron chi connectivity index (χ1n) is 4.57. The first-order chi connectivity index (χ1) is 5.85. The zero-order valence-electron chi connectivity index (χ0n) is 7.56. The van der Waals surface area contributed by atoms with E-state index >= 15 is 0 Å². The molecule has 0 saturated heterocycles. The van der Waals surface area contributed by atoms with E-state index in [-0.39, 0.29) is 0 Å². The standard InChI is InChI=1S/C12H14/c1-3-5-10-7-11-8-12(10)6-9(11)4-2/h4-5,11H,1,6-8H2,2H3. The van der Waals surface area contributed by atoms with Crippen LogP contribution in [0.25, 0.3) is 0 Å². The summed E-state index contributed by atoms with van der Waals surface area (Å²) in [7, 11) is 0. The Bertz CT molecular complexity index is 309. The van der Waals surface area contributed by atoms with Crippen LogP contribution in [-0.4, -0.2) is 0 Å². The Morgan fingerprint density at radius 3 is 2.83 bits per heavy atom. The third kappa shape index (κ3) is 1.00. The third-order valence-electron chi connectivity index (χ3n) is 3.00. The van der Waals surface area contributed by atoms with Crippen molar-refractivity contribution in [1.29, 1.82) is 0 Å². The van der Waals surface area contributed by atoms with Crippen LogP contribution in [0, 0.1) is 5.92 Å². The zero-order chi connectivity index (χ0) is 8.55. The number of allylic oxidation sites excluding steroid dienone is 5. The van der Waals surface area contributed by atoms with E-state index in [0.717, 1.165) is 5.92 Å². The Morgan fingerprint density at radius 1 is 1.50 bits per heavy atom. The molecule has 0 amide bonds. The molecule has 12 heavy (non-hydrogen) atoms. The molecular formula is C12H14. The van der Waals surface area contributed by atoms with E-state index in [4.69, 9.17) is 0 Å². The molecule has 1 unspecified atom stereocenters. The van der Waals surface area contributed by atoms with Gasteiger partial charge in [0.05, 0.1) is 0 Å². The van der Waals surface area contributed by atoms with Gasteiger partial charge in [-0.2, -0.15) is 0 Å². The third-order valence-corrected chi connectivity index (χ3v) is 3.00. The molecule has 0 heterocycles. The van der Waals surface area contributed by atoms with E-state index in [1.165, 1.54) is 24.8 Å². The molecule has 0 aromatic heterocycles. The molecule has 0 aromatic rings. The van der Waals surface area contributed by atoms with Crippen molar-refractivity contribution in [3.8, 4) is 0 Å². The van der Waals surface area contributed by atoms with Crippen LogP contribution in [0.1, 0.15) is 26.2 Å². The van der Waals surface area contributed by atoms with Gasteiger partial charge in [-0.1, -0.05) is 23.8 Å². The monoisotopic (exact) mass is 158 g/mol. The van der Waals surface area contributed by atoms with E-state index in [1.54, 1.807) is 11.1 Å². The molecular weight excluding hydrogens is 144 g/mol. The quantitative estimate of drug-likeness (QED) is 0.405. The molecule has 2 bridgehead atoms. The van der Waals surface area contributed by atoms with Crippen molar-refractivity contribution >= 4 is 0 Å². The largest absolute Gasteiger partial charge is 0.128 e. The maximum Gasteiger partial charge on any atom is -0.00993 e. The van der Waals surface area contributed by atoms with Crippen molar-refractivity contribution in [2.45, 2.75) is 26.2 Å². The number of rotatable bonds is 1. The van der Waals surface area contributed by atoms with Gasteiger partial charge in [0.15, 0.2) is 0 Å². The second kappa shape index (κ2) is 2.80. The van der Waals surface area contributed by atoms with E-state index < -0.39 is 0 Å². The molecule has 2 rings (SSSR count). The summed E-state index contributed by atoms with van der Waals surface area (Å²) in [5, 5.41) is 0. The van der Waals surface area contributed by atoms with Gasteiger partial charge in [-0.05, 0) is 43.8 Å². The summed E-state index contributed by atoms with van der Waals surface area (Å²) < 4.78 is 0. The molecule has 2 aliphatic carbocycles. The molecule has 2 aliphatic rings. The predicted molar refractivity (Wildman–Crippen MR) is 51.8 cm³/mol. The lowest BCUT2D eigenvalue weighted by Crippen LogP contribution is -1.96. The molecule has 0 aliphatic heterocycles. The van der Waals surface area contributed by atoms with E-state index in [2.05, 4.69) is 31.4 Å². The second-order valence-electron chi connectivity index (χ2n) is 3.62. The van der Waals surface area contributed by atoms with Gasteiger partial charge in [0.1, 0.15) is 0 Å². The number of fused-ring (bicyclic) bond motifs is 2. The molecule has 0 aromatic carbocycles. The van der Waals surface area contributed by atoms with Gasteiger partial charge < -0.3 is 0 Å². The number of hydrogen-bond acceptors (Lipinski definition) is 0. The van der Waals surface area contributed by atoms with E-state index in [0.29, 0.717) is 0 Å². The Hall–Kier alpha value is -1.00. The van der Waals surface area contributed by atoms with E-state index in [1.807, 2.05) is 0 Å². The van der Waals surface area contributed by atoms with Crippen molar-refractivity contribution in [3.63, 3.8) is 0 Å². The molecule has 1 fully saturated rings. The summed E-state index contributed by atoms with van der Waals surface area (Å²) in [6.45, 7) is 5.77. The average Bonchev–Trinajstić information content (AvgIpc) is 2.62. The maximum absolute atomic E-state index is 3.62.